The van der Waals surface area contributed by atoms with Gasteiger partial charge >= 0.3 is 0 Å². The third-order valence-corrected chi connectivity index (χ3v) is 6.61. The summed E-state index contributed by atoms with van der Waals surface area (Å²) in [4.78, 5) is 16.5. The second-order valence-corrected chi connectivity index (χ2v) is 10.4. The molecule has 0 aliphatic heterocycles. The van der Waals surface area contributed by atoms with Crippen molar-refractivity contribution in [3.8, 4) is 0 Å². The van der Waals surface area contributed by atoms with Gasteiger partial charge in [0.05, 0.1) is 11.9 Å². The first-order chi connectivity index (χ1) is 15.6. The minimum absolute atomic E-state index is 0.136. The third kappa shape index (κ3) is 6.89. The molecule has 0 saturated carbocycles. The van der Waals surface area contributed by atoms with Crippen LogP contribution in [0.2, 0.25) is 0 Å². The molecule has 0 saturated heterocycles. The summed E-state index contributed by atoms with van der Waals surface area (Å²) >= 11 is 0. The van der Waals surface area contributed by atoms with E-state index in [1.54, 1.807) is 12.4 Å². The molecule has 0 unspecified atom stereocenters. The number of hydrogen-bond donors (Lipinski definition) is 1. The van der Waals surface area contributed by atoms with E-state index < -0.39 is 10.0 Å². The minimum Gasteiger partial charge on any atom is -0.326 e. The van der Waals surface area contributed by atoms with Gasteiger partial charge in [-0.1, -0.05) is 29.8 Å². The Morgan fingerprint density at radius 1 is 0.939 bits per heavy atom. The summed E-state index contributed by atoms with van der Waals surface area (Å²) in [5, 5.41) is 2.90. The fraction of sp³-hybridized carbons (Fsp3) is 0.308. The Morgan fingerprint density at radius 2 is 1.52 bits per heavy atom. The molecular weight excluding hydrogens is 434 g/mol. The van der Waals surface area contributed by atoms with Gasteiger partial charge < -0.3 is 5.32 Å². The van der Waals surface area contributed by atoms with Crippen molar-refractivity contribution in [3.05, 3.63) is 88.7 Å². The zero-order valence-electron chi connectivity index (χ0n) is 19.6. The molecule has 174 valence electrons. The van der Waals surface area contributed by atoms with E-state index in [1.165, 1.54) is 16.1 Å². The number of carbonyl (C=O) groups is 1. The minimum atomic E-state index is -3.47. The number of pyridine rings is 1. The highest BCUT2D eigenvalue weighted by molar-refractivity contribution is 7.92. The van der Waals surface area contributed by atoms with Gasteiger partial charge in [0.25, 0.3) is 0 Å². The smallest absolute Gasteiger partial charge is 0.232 e. The molecule has 0 spiro atoms. The molecule has 33 heavy (non-hydrogen) atoms. The second-order valence-electron chi connectivity index (χ2n) is 8.46. The van der Waals surface area contributed by atoms with Crippen LogP contribution in [0.1, 0.15) is 40.7 Å². The number of nitrogens with one attached hydrogen (secondary N) is 1. The van der Waals surface area contributed by atoms with Gasteiger partial charge in [-0.25, -0.2) is 8.42 Å². The molecule has 3 rings (SSSR count). The van der Waals surface area contributed by atoms with Crippen molar-refractivity contribution < 1.29 is 13.2 Å². The number of rotatable bonds is 9. The standard InChI is InChI=1S/C26H31N3O3S/c1-19-16-20(2)26(21(3)17-19)29(33(4,31)32)15-5-6-25(30)28-24-9-7-22(8-10-24)18-23-11-13-27-14-12-23/h7-14,16-17H,5-6,15,18H2,1-4H3,(H,28,30). The number of sulfonamides is 1. The molecule has 1 aromatic heterocycles. The summed E-state index contributed by atoms with van der Waals surface area (Å²) in [6.45, 7) is 6.07. The van der Waals surface area contributed by atoms with Gasteiger partial charge in [-0.2, -0.15) is 0 Å². The van der Waals surface area contributed by atoms with E-state index in [9.17, 15) is 13.2 Å². The van der Waals surface area contributed by atoms with Gasteiger partial charge in [0.2, 0.25) is 15.9 Å². The molecule has 1 N–H and O–H groups in total. The van der Waals surface area contributed by atoms with E-state index in [4.69, 9.17) is 0 Å². The van der Waals surface area contributed by atoms with Gasteiger partial charge in [0, 0.05) is 31.0 Å². The topological polar surface area (TPSA) is 79.4 Å². The Labute approximate surface area is 196 Å². The first-order valence-corrected chi connectivity index (χ1v) is 12.8. The molecular formula is C26H31N3O3S. The van der Waals surface area contributed by atoms with Gasteiger partial charge in [0.15, 0.2) is 0 Å². The molecule has 2 aromatic carbocycles. The fourth-order valence-electron chi connectivity index (χ4n) is 4.06. The molecule has 3 aromatic rings. The van der Waals surface area contributed by atoms with Crippen molar-refractivity contribution in [1.29, 1.82) is 0 Å². The first-order valence-electron chi connectivity index (χ1n) is 11.0. The Bertz CT molecular complexity index is 1180. The molecule has 0 fully saturated rings. The van der Waals surface area contributed by atoms with E-state index in [1.807, 2.05) is 69.3 Å². The van der Waals surface area contributed by atoms with Crippen LogP contribution in [0.3, 0.4) is 0 Å². The maximum atomic E-state index is 12.5. The number of carbonyl (C=O) groups excluding carboxylic acids is 1. The van der Waals surface area contributed by atoms with Crippen molar-refractivity contribution in [2.45, 2.75) is 40.0 Å². The van der Waals surface area contributed by atoms with Crippen molar-refractivity contribution >= 4 is 27.3 Å². The molecule has 1 heterocycles. The van der Waals surface area contributed by atoms with Crippen molar-refractivity contribution in [1.82, 2.24) is 4.98 Å². The average Bonchev–Trinajstić information content (AvgIpc) is 2.73. The molecule has 1 amide bonds. The molecule has 0 aliphatic rings. The van der Waals surface area contributed by atoms with Crippen LogP contribution in [-0.4, -0.2) is 32.1 Å². The molecule has 0 bridgehead atoms. The zero-order chi connectivity index (χ0) is 24.0. The number of nitrogens with zero attached hydrogens (tertiary/aromatic N) is 2. The molecule has 6 nitrogen and oxygen atoms in total. The maximum Gasteiger partial charge on any atom is 0.232 e. The lowest BCUT2D eigenvalue weighted by Crippen LogP contribution is -2.32. The predicted octanol–water partition coefficient (Wildman–Crippen LogP) is 4.78. The number of aromatic nitrogens is 1. The number of anilines is 2. The molecule has 0 aliphatic carbocycles. The molecule has 0 radical (unpaired) electrons. The Balaban J connectivity index is 1.57. The highest BCUT2D eigenvalue weighted by Gasteiger charge is 2.21. The quantitative estimate of drug-likeness (QED) is 0.493. The third-order valence-electron chi connectivity index (χ3n) is 5.45. The Kier molecular flexibility index (Phi) is 7.87. The summed E-state index contributed by atoms with van der Waals surface area (Å²) in [5.74, 6) is -0.136. The van der Waals surface area contributed by atoms with E-state index >= 15 is 0 Å². The van der Waals surface area contributed by atoms with Crippen molar-refractivity contribution in [2.75, 3.05) is 22.4 Å². The van der Waals surface area contributed by atoms with E-state index in [0.717, 1.165) is 34.4 Å². The lowest BCUT2D eigenvalue weighted by Gasteiger charge is -2.26. The summed E-state index contributed by atoms with van der Waals surface area (Å²) in [7, 11) is -3.47. The van der Waals surface area contributed by atoms with Gasteiger partial charge in [-0.15, -0.1) is 0 Å². The normalized spacial score (nSPS) is 11.3. The van der Waals surface area contributed by atoms with Crippen LogP contribution < -0.4 is 9.62 Å². The van der Waals surface area contributed by atoms with Crippen LogP contribution in [0.25, 0.3) is 0 Å². The SMILES string of the molecule is Cc1cc(C)c(N(CCCC(=O)Nc2ccc(Cc3ccncc3)cc2)S(C)(=O)=O)c(C)c1. The van der Waals surface area contributed by atoms with E-state index in [-0.39, 0.29) is 18.9 Å². The predicted molar refractivity (Wildman–Crippen MR) is 134 cm³/mol. The van der Waals surface area contributed by atoms with Crippen LogP contribution in [0.5, 0.6) is 0 Å². The van der Waals surface area contributed by atoms with Gasteiger partial charge in [0.1, 0.15) is 0 Å². The monoisotopic (exact) mass is 465 g/mol. The van der Waals surface area contributed by atoms with Crippen LogP contribution in [0.4, 0.5) is 11.4 Å². The van der Waals surface area contributed by atoms with E-state index in [0.29, 0.717) is 12.1 Å². The van der Waals surface area contributed by atoms with Crippen molar-refractivity contribution in [3.63, 3.8) is 0 Å². The Morgan fingerprint density at radius 3 is 2.09 bits per heavy atom. The fourth-order valence-corrected chi connectivity index (χ4v) is 5.14. The van der Waals surface area contributed by atoms with Crippen LogP contribution in [-0.2, 0) is 21.2 Å². The largest absolute Gasteiger partial charge is 0.326 e. The number of amides is 1. The van der Waals surface area contributed by atoms with Crippen LogP contribution in [0.15, 0.2) is 60.9 Å². The van der Waals surface area contributed by atoms with Crippen molar-refractivity contribution in [2.24, 2.45) is 0 Å². The van der Waals surface area contributed by atoms with Crippen LogP contribution in [0, 0.1) is 20.8 Å². The zero-order valence-corrected chi connectivity index (χ0v) is 20.4. The van der Waals surface area contributed by atoms with Crippen LogP contribution >= 0.6 is 0 Å². The summed E-state index contributed by atoms with van der Waals surface area (Å²) in [5.41, 5.74) is 6.66. The number of hydrogen-bond acceptors (Lipinski definition) is 4. The summed E-state index contributed by atoms with van der Waals surface area (Å²) in [6, 6.07) is 15.7. The second kappa shape index (κ2) is 10.6. The first kappa shape index (κ1) is 24.5. The highest BCUT2D eigenvalue weighted by Crippen LogP contribution is 2.28. The summed E-state index contributed by atoms with van der Waals surface area (Å²) < 4.78 is 26.4. The molecule has 7 heteroatoms. The van der Waals surface area contributed by atoms with E-state index in [2.05, 4.69) is 10.3 Å². The lowest BCUT2D eigenvalue weighted by atomic mass is 10.0. The number of benzene rings is 2. The summed E-state index contributed by atoms with van der Waals surface area (Å²) in [6.07, 6.45) is 6.21. The highest BCUT2D eigenvalue weighted by atomic mass is 32.2. The van der Waals surface area contributed by atoms with Gasteiger partial charge in [-0.05, 0) is 80.1 Å². The average molecular weight is 466 g/mol. The number of aryl methyl sites for hydroxylation is 3. The molecule has 0 atom stereocenters. The Hall–Kier alpha value is -3.19. The maximum absolute atomic E-state index is 12.5. The lowest BCUT2D eigenvalue weighted by molar-refractivity contribution is -0.116. The van der Waals surface area contributed by atoms with Gasteiger partial charge in [-0.3, -0.25) is 14.1 Å².